The van der Waals surface area contributed by atoms with E-state index in [1.54, 1.807) is 0 Å². The topological polar surface area (TPSA) is 79.2 Å². The van der Waals surface area contributed by atoms with Gasteiger partial charge in [0.05, 0.1) is 30.0 Å². The third-order valence-electron chi connectivity index (χ3n) is 14.2. The highest BCUT2D eigenvalue weighted by molar-refractivity contribution is 5.32. The van der Waals surface area contributed by atoms with Gasteiger partial charge >= 0.3 is 0 Å². The van der Waals surface area contributed by atoms with Crippen molar-refractivity contribution in [3.63, 3.8) is 0 Å². The molecule has 5 aliphatic carbocycles. The maximum Gasteiger partial charge on any atom is 0.112 e. The Labute approximate surface area is 225 Å². The number of rotatable bonds is 4. The molecule has 5 nitrogen and oxygen atoms in total. The standard InChI is InChI=1S/C32H54O5/c1-9-36-26(28(5,6)35)19-16-18(2)23-24(37-19)25(34)30(8)21-11-10-20-27(3,4)22(33)12-13-31(20)17-32(21,31)15-14-29(23,30)7/h18-26,33-35H,9-17H2,1-8H3/t18-,19-,20+,21+,22?,23+,24+,25+,26+,29-,30-,31-,32+/m1/s1. The highest BCUT2D eigenvalue weighted by Crippen LogP contribution is 2.89. The van der Waals surface area contributed by atoms with Crippen LogP contribution >= 0.6 is 0 Å². The molecule has 0 bridgehead atoms. The first-order valence-corrected chi connectivity index (χ1v) is 15.5. The van der Waals surface area contributed by atoms with Crippen LogP contribution < -0.4 is 0 Å². The smallest absolute Gasteiger partial charge is 0.112 e. The van der Waals surface area contributed by atoms with Crippen LogP contribution in [0.4, 0.5) is 0 Å². The zero-order chi connectivity index (χ0) is 27.0. The van der Waals surface area contributed by atoms with Crippen LogP contribution in [0.5, 0.6) is 0 Å². The largest absolute Gasteiger partial charge is 0.393 e. The maximum absolute atomic E-state index is 12.3. The average molecular weight is 519 g/mol. The van der Waals surface area contributed by atoms with Crippen molar-refractivity contribution in [2.24, 2.45) is 50.7 Å². The van der Waals surface area contributed by atoms with Crippen LogP contribution in [0.3, 0.4) is 0 Å². The second kappa shape index (κ2) is 7.96. The summed E-state index contributed by atoms with van der Waals surface area (Å²) < 4.78 is 12.9. The highest BCUT2D eigenvalue weighted by atomic mass is 16.6. The van der Waals surface area contributed by atoms with Crippen molar-refractivity contribution in [1.82, 2.24) is 0 Å². The summed E-state index contributed by atoms with van der Waals surface area (Å²) in [6.07, 6.45) is 7.49. The summed E-state index contributed by atoms with van der Waals surface area (Å²) in [6.45, 7) is 18.0. The summed E-state index contributed by atoms with van der Waals surface area (Å²) in [5.74, 6) is 1.82. The van der Waals surface area contributed by atoms with Crippen LogP contribution in [0.1, 0.15) is 107 Å². The lowest BCUT2D eigenvalue weighted by molar-refractivity contribution is -0.215. The summed E-state index contributed by atoms with van der Waals surface area (Å²) in [5, 5.41) is 34.2. The Morgan fingerprint density at radius 3 is 2.27 bits per heavy atom. The molecule has 0 amide bonds. The van der Waals surface area contributed by atoms with Crippen LogP contribution in [0.15, 0.2) is 0 Å². The van der Waals surface area contributed by atoms with E-state index in [0.29, 0.717) is 41.1 Å². The summed E-state index contributed by atoms with van der Waals surface area (Å²) in [5.41, 5.74) is -0.501. The molecule has 1 aliphatic heterocycles. The van der Waals surface area contributed by atoms with Gasteiger partial charge in [0.1, 0.15) is 6.10 Å². The molecule has 0 radical (unpaired) electrons. The molecule has 6 fully saturated rings. The number of ether oxygens (including phenoxy) is 2. The van der Waals surface area contributed by atoms with Crippen LogP contribution in [0.2, 0.25) is 0 Å². The number of hydrogen-bond acceptors (Lipinski definition) is 5. The first kappa shape index (κ1) is 27.0. The monoisotopic (exact) mass is 518 g/mol. The second-order valence-electron chi connectivity index (χ2n) is 16.1. The normalized spacial score (nSPS) is 56.8. The third-order valence-corrected chi connectivity index (χ3v) is 14.2. The van der Waals surface area contributed by atoms with E-state index in [1.807, 2.05) is 20.8 Å². The molecule has 0 aromatic rings. The lowest BCUT2D eigenvalue weighted by atomic mass is 9.41. The van der Waals surface area contributed by atoms with Crippen LogP contribution in [0.25, 0.3) is 0 Å². The Kier molecular flexibility index (Phi) is 5.81. The van der Waals surface area contributed by atoms with Gasteiger partial charge in [-0.1, -0.05) is 34.6 Å². The van der Waals surface area contributed by atoms with E-state index in [0.717, 1.165) is 32.1 Å². The fraction of sp³-hybridized carbons (Fsp3) is 1.00. The molecular formula is C32H54O5. The Bertz CT molecular complexity index is 927. The zero-order valence-electron chi connectivity index (χ0n) is 24.7. The van der Waals surface area contributed by atoms with E-state index in [9.17, 15) is 15.3 Å². The van der Waals surface area contributed by atoms with Crippen molar-refractivity contribution in [2.75, 3.05) is 6.61 Å². The quantitative estimate of drug-likeness (QED) is 0.468. The fourth-order valence-corrected chi connectivity index (χ4v) is 12.5. The van der Waals surface area contributed by atoms with E-state index >= 15 is 0 Å². The van der Waals surface area contributed by atoms with Gasteiger partial charge in [-0.25, -0.2) is 0 Å². The van der Waals surface area contributed by atoms with Crippen molar-refractivity contribution < 1.29 is 24.8 Å². The fourth-order valence-electron chi connectivity index (χ4n) is 12.5. The summed E-state index contributed by atoms with van der Waals surface area (Å²) in [4.78, 5) is 0. The molecule has 6 rings (SSSR count). The molecule has 0 aromatic carbocycles. The number of hydrogen-bond donors (Lipinski definition) is 3. The number of fused-ring (bicyclic) bond motifs is 4. The van der Waals surface area contributed by atoms with Crippen molar-refractivity contribution >= 4 is 0 Å². The van der Waals surface area contributed by atoms with Crippen molar-refractivity contribution in [1.29, 1.82) is 0 Å². The molecule has 212 valence electrons. The summed E-state index contributed by atoms with van der Waals surface area (Å²) in [6, 6.07) is 0. The first-order valence-electron chi connectivity index (χ1n) is 15.5. The molecule has 1 saturated heterocycles. The van der Waals surface area contributed by atoms with Crippen molar-refractivity contribution in [2.45, 2.75) is 143 Å². The molecule has 6 aliphatic rings. The molecule has 3 N–H and O–H groups in total. The molecule has 1 heterocycles. The summed E-state index contributed by atoms with van der Waals surface area (Å²) >= 11 is 0. The SMILES string of the molecule is CCO[C@@H]([C@H]1C[C@@H](C)[C@H]2[C@H](O1)[C@H](O)[C@@]1(C)[C@@H]3CC[C@H]4C(C)(C)C(O)CC[C@@]45C[C@@]35CC[C@]21C)C(C)(C)O. The van der Waals surface area contributed by atoms with E-state index in [2.05, 4.69) is 34.6 Å². The van der Waals surface area contributed by atoms with E-state index in [4.69, 9.17) is 9.47 Å². The summed E-state index contributed by atoms with van der Waals surface area (Å²) in [7, 11) is 0. The average Bonchev–Trinajstić information content (AvgIpc) is 3.44. The van der Waals surface area contributed by atoms with E-state index < -0.39 is 17.8 Å². The van der Waals surface area contributed by atoms with Gasteiger partial charge in [0, 0.05) is 12.0 Å². The van der Waals surface area contributed by atoms with Gasteiger partial charge in [0.15, 0.2) is 0 Å². The molecule has 1 unspecified atom stereocenters. The minimum Gasteiger partial charge on any atom is -0.393 e. The third kappa shape index (κ3) is 3.10. The van der Waals surface area contributed by atoms with Gasteiger partial charge in [-0.3, -0.25) is 0 Å². The number of aliphatic hydroxyl groups is 3. The van der Waals surface area contributed by atoms with E-state index in [-0.39, 0.29) is 34.6 Å². The molecule has 13 atom stereocenters. The molecule has 2 spiro atoms. The Balaban J connectivity index is 1.35. The van der Waals surface area contributed by atoms with Gasteiger partial charge in [-0.15, -0.1) is 0 Å². The molecular weight excluding hydrogens is 464 g/mol. The van der Waals surface area contributed by atoms with Crippen molar-refractivity contribution in [3.05, 3.63) is 0 Å². The predicted octanol–water partition coefficient (Wildman–Crippen LogP) is 5.34. The maximum atomic E-state index is 12.3. The van der Waals surface area contributed by atoms with Gasteiger partial charge in [-0.2, -0.15) is 0 Å². The first-order chi connectivity index (χ1) is 17.1. The molecule has 0 aromatic heterocycles. The van der Waals surface area contributed by atoms with Crippen LogP contribution in [-0.2, 0) is 9.47 Å². The van der Waals surface area contributed by atoms with Crippen LogP contribution in [0, 0.1) is 50.7 Å². The lowest BCUT2D eigenvalue weighted by Gasteiger charge is -2.63. The van der Waals surface area contributed by atoms with E-state index in [1.165, 1.54) is 19.3 Å². The van der Waals surface area contributed by atoms with Gasteiger partial charge in [-0.05, 0) is 117 Å². The number of aliphatic hydroxyl groups excluding tert-OH is 2. The Morgan fingerprint density at radius 1 is 0.973 bits per heavy atom. The van der Waals surface area contributed by atoms with Crippen molar-refractivity contribution in [3.8, 4) is 0 Å². The minimum absolute atomic E-state index is 0.0209. The Morgan fingerprint density at radius 2 is 1.62 bits per heavy atom. The van der Waals surface area contributed by atoms with Crippen LogP contribution in [-0.4, -0.2) is 58.0 Å². The minimum atomic E-state index is -1.00. The molecule has 37 heavy (non-hydrogen) atoms. The molecule has 5 saturated carbocycles. The van der Waals surface area contributed by atoms with Gasteiger partial charge in [0.25, 0.3) is 0 Å². The second-order valence-corrected chi connectivity index (χ2v) is 16.1. The molecule has 5 heteroatoms. The zero-order valence-corrected chi connectivity index (χ0v) is 24.7. The Hall–Kier alpha value is -0.200. The lowest BCUT2D eigenvalue weighted by Crippen LogP contribution is -2.59. The van der Waals surface area contributed by atoms with Gasteiger partial charge < -0.3 is 24.8 Å². The highest BCUT2D eigenvalue weighted by Gasteiger charge is 2.84. The van der Waals surface area contributed by atoms with Gasteiger partial charge in [0.2, 0.25) is 0 Å². The predicted molar refractivity (Wildman–Crippen MR) is 144 cm³/mol.